The van der Waals surface area contributed by atoms with Crippen molar-refractivity contribution in [3.05, 3.63) is 35.6 Å². The average Bonchev–Trinajstić information content (AvgIpc) is 2.92. The topological polar surface area (TPSA) is 15.3 Å². The summed E-state index contributed by atoms with van der Waals surface area (Å²) < 4.78 is 13.3. The molecule has 0 amide bonds. The molecule has 0 bridgehead atoms. The van der Waals surface area contributed by atoms with E-state index in [1.165, 1.54) is 38.3 Å². The van der Waals surface area contributed by atoms with Crippen molar-refractivity contribution < 1.29 is 4.39 Å². The lowest BCUT2D eigenvalue weighted by atomic mass is 10.0. The van der Waals surface area contributed by atoms with Crippen LogP contribution in [0.3, 0.4) is 0 Å². The molecule has 0 saturated heterocycles. The SMILES string of the molecule is CNC(CCN(C)CC1CCCC1)c1cccc(F)c1. The van der Waals surface area contributed by atoms with Crippen molar-refractivity contribution in [3.63, 3.8) is 0 Å². The zero-order chi connectivity index (χ0) is 14.4. The first-order valence-electron chi connectivity index (χ1n) is 7.80. The number of benzene rings is 1. The van der Waals surface area contributed by atoms with E-state index in [-0.39, 0.29) is 11.9 Å². The van der Waals surface area contributed by atoms with E-state index in [9.17, 15) is 4.39 Å². The van der Waals surface area contributed by atoms with Gasteiger partial charge in [0.25, 0.3) is 0 Å². The molecule has 0 aromatic heterocycles. The molecule has 1 aliphatic carbocycles. The first kappa shape index (κ1) is 15.5. The summed E-state index contributed by atoms with van der Waals surface area (Å²) in [5.74, 6) is 0.740. The molecular weight excluding hydrogens is 251 g/mol. The van der Waals surface area contributed by atoms with Crippen molar-refractivity contribution in [2.24, 2.45) is 5.92 Å². The number of nitrogens with one attached hydrogen (secondary N) is 1. The predicted octanol–water partition coefficient (Wildman–Crippen LogP) is 3.60. The Morgan fingerprint density at radius 2 is 2.10 bits per heavy atom. The van der Waals surface area contributed by atoms with E-state index >= 15 is 0 Å². The molecule has 3 heteroatoms. The second kappa shape index (κ2) is 7.75. The van der Waals surface area contributed by atoms with Gasteiger partial charge in [-0.15, -0.1) is 0 Å². The van der Waals surface area contributed by atoms with Gasteiger partial charge >= 0.3 is 0 Å². The van der Waals surface area contributed by atoms with Crippen molar-refractivity contribution >= 4 is 0 Å². The molecule has 1 saturated carbocycles. The highest BCUT2D eigenvalue weighted by Crippen LogP contribution is 2.25. The monoisotopic (exact) mass is 278 g/mol. The maximum Gasteiger partial charge on any atom is 0.123 e. The highest BCUT2D eigenvalue weighted by Gasteiger charge is 2.17. The van der Waals surface area contributed by atoms with E-state index in [2.05, 4.69) is 17.3 Å². The van der Waals surface area contributed by atoms with Crippen LogP contribution < -0.4 is 5.32 Å². The molecule has 2 nitrogen and oxygen atoms in total. The molecule has 0 spiro atoms. The zero-order valence-electron chi connectivity index (χ0n) is 12.7. The summed E-state index contributed by atoms with van der Waals surface area (Å²) in [5.41, 5.74) is 1.04. The Kier molecular flexibility index (Phi) is 5.99. The third-order valence-electron chi connectivity index (χ3n) is 4.44. The maximum absolute atomic E-state index is 13.3. The molecule has 2 rings (SSSR count). The van der Waals surface area contributed by atoms with Gasteiger partial charge in [0.2, 0.25) is 0 Å². The Hall–Kier alpha value is -0.930. The molecule has 1 N–H and O–H groups in total. The summed E-state index contributed by atoms with van der Waals surface area (Å²) in [6, 6.07) is 7.16. The van der Waals surface area contributed by atoms with E-state index in [0.717, 1.165) is 24.4 Å². The summed E-state index contributed by atoms with van der Waals surface area (Å²) in [7, 11) is 4.16. The molecule has 1 fully saturated rings. The zero-order valence-corrected chi connectivity index (χ0v) is 12.7. The molecule has 0 heterocycles. The van der Waals surface area contributed by atoms with Crippen molar-refractivity contribution in [1.29, 1.82) is 0 Å². The van der Waals surface area contributed by atoms with Crippen molar-refractivity contribution in [3.8, 4) is 0 Å². The van der Waals surface area contributed by atoms with Crippen LogP contribution in [0, 0.1) is 11.7 Å². The average molecular weight is 278 g/mol. The van der Waals surface area contributed by atoms with E-state index in [4.69, 9.17) is 0 Å². The van der Waals surface area contributed by atoms with E-state index in [1.54, 1.807) is 12.1 Å². The Bertz CT molecular complexity index is 402. The van der Waals surface area contributed by atoms with Gasteiger partial charge in [0.15, 0.2) is 0 Å². The fourth-order valence-corrected chi connectivity index (χ4v) is 3.28. The quantitative estimate of drug-likeness (QED) is 0.820. The Morgan fingerprint density at radius 3 is 2.75 bits per heavy atom. The molecule has 1 aromatic carbocycles. The molecule has 1 aliphatic rings. The van der Waals surface area contributed by atoms with Gasteiger partial charge in [-0.25, -0.2) is 4.39 Å². The summed E-state index contributed by atoms with van der Waals surface area (Å²) >= 11 is 0. The summed E-state index contributed by atoms with van der Waals surface area (Å²) in [6.07, 6.45) is 6.61. The number of rotatable bonds is 7. The lowest BCUT2D eigenvalue weighted by Gasteiger charge is -2.24. The summed E-state index contributed by atoms with van der Waals surface area (Å²) in [6.45, 7) is 2.26. The van der Waals surface area contributed by atoms with E-state index in [0.29, 0.717) is 0 Å². The van der Waals surface area contributed by atoms with Gasteiger partial charge in [0.1, 0.15) is 5.82 Å². The van der Waals surface area contributed by atoms with Gasteiger partial charge in [-0.2, -0.15) is 0 Å². The van der Waals surface area contributed by atoms with Crippen molar-refractivity contribution in [2.45, 2.75) is 38.1 Å². The van der Waals surface area contributed by atoms with Crippen molar-refractivity contribution in [2.75, 3.05) is 27.2 Å². The minimum atomic E-state index is -0.151. The van der Waals surface area contributed by atoms with Crippen LogP contribution in [0.4, 0.5) is 4.39 Å². The largest absolute Gasteiger partial charge is 0.313 e. The van der Waals surface area contributed by atoms with Crippen LogP contribution in [0.5, 0.6) is 0 Å². The van der Waals surface area contributed by atoms with Gasteiger partial charge in [-0.05, 0) is 63.5 Å². The van der Waals surface area contributed by atoms with Crippen LogP contribution in [-0.4, -0.2) is 32.1 Å². The number of halogens is 1. The van der Waals surface area contributed by atoms with Gasteiger partial charge in [0, 0.05) is 12.6 Å². The van der Waals surface area contributed by atoms with Gasteiger partial charge < -0.3 is 10.2 Å². The molecule has 1 atom stereocenters. The minimum absolute atomic E-state index is 0.151. The first-order chi connectivity index (χ1) is 9.69. The Balaban J connectivity index is 1.80. The number of hydrogen-bond donors (Lipinski definition) is 1. The molecular formula is C17H27FN2. The van der Waals surface area contributed by atoms with Crippen LogP contribution >= 0.6 is 0 Å². The fourth-order valence-electron chi connectivity index (χ4n) is 3.28. The van der Waals surface area contributed by atoms with Crippen LogP contribution in [-0.2, 0) is 0 Å². The predicted molar refractivity (Wildman–Crippen MR) is 82.3 cm³/mol. The third-order valence-corrected chi connectivity index (χ3v) is 4.44. The number of hydrogen-bond acceptors (Lipinski definition) is 2. The lowest BCUT2D eigenvalue weighted by Crippen LogP contribution is -2.29. The fraction of sp³-hybridized carbons (Fsp3) is 0.647. The van der Waals surface area contributed by atoms with Crippen LogP contribution in [0.1, 0.15) is 43.7 Å². The molecule has 1 unspecified atom stereocenters. The Morgan fingerprint density at radius 1 is 1.35 bits per heavy atom. The third kappa shape index (κ3) is 4.57. The van der Waals surface area contributed by atoms with Gasteiger partial charge in [0.05, 0.1) is 0 Å². The second-order valence-electron chi connectivity index (χ2n) is 6.10. The Labute approximate surface area is 122 Å². The molecule has 0 aliphatic heterocycles. The highest BCUT2D eigenvalue weighted by atomic mass is 19.1. The first-order valence-corrected chi connectivity index (χ1v) is 7.80. The van der Waals surface area contributed by atoms with Crippen molar-refractivity contribution in [1.82, 2.24) is 10.2 Å². The second-order valence-corrected chi connectivity index (χ2v) is 6.10. The molecule has 20 heavy (non-hydrogen) atoms. The maximum atomic E-state index is 13.3. The van der Waals surface area contributed by atoms with Crippen LogP contribution in [0.15, 0.2) is 24.3 Å². The van der Waals surface area contributed by atoms with E-state index in [1.807, 2.05) is 13.1 Å². The molecule has 112 valence electrons. The van der Waals surface area contributed by atoms with Gasteiger partial charge in [-0.3, -0.25) is 0 Å². The molecule has 1 aromatic rings. The standard InChI is InChI=1S/C17H27FN2/c1-19-17(15-8-5-9-16(18)12-15)10-11-20(2)13-14-6-3-4-7-14/h5,8-9,12,14,17,19H,3-4,6-7,10-11,13H2,1-2H3. The van der Waals surface area contributed by atoms with Gasteiger partial charge in [-0.1, -0.05) is 25.0 Å². The van der Waals surface area contributed by atoms with Crippen LogP contribution in [0.2, 0.25) is 0 Å². The minimum Gasteiger partial charge on any atom is -0.313 e. The van der Waals surface area contributed by atoms with Crippen LogP contribution in [0.25, 0.3) is 0 Å². The highest BCUT2D eigenvalue weighted by molar-refractivity contribution is 5.20. The molecule has 0 radical (unpaired) electrons. The van der Waals surface area contributed by atoms with E-state index < -0.39 is 0 Å². The normalized spacial score (nSPS) is 17.8. The summed E-state index contributed by atoms with van der Waals surface area (Å²) in [5, 5.41) is 3.30. The number of nitrogens with zero attached hydrogens (tertiary/aromatic N) is 1. The summed E-state index contributed by atoms with van der Waals surface area (Å²) in [4.78, 5) is 2.43. The smallest absolute Gasteiger partial charge is 0.123 e. The lowest BCUT2D eigenvalue weighted by molar-refractivity contribution is 0.264.